The molecule has 0 aliphatic rings. The number of aromatic hydroxyl groups is 1. The summed E-state index contributed by atoms with van der Waals surface area (Å²) in [6.45, 7) is 3.45. The number of carbonyl (C=O) groups excluding carboxylic acids is 2. The maximum absolute atomic E-state index is 11.6. The first-order valence-electron chi connectivity index (χ1n) is 5.61. The number of ether oxygens (including phenoxy) is 3. The van der Waals surface area contributed by atoms with E-state index in [9.17, 15) is 14.7 Å². The highest BCUT2D eigenvalue weighted by atomic mass is 16.5. The first-order chi connectivity index (χ1) is 8.92. The Morgan fingerprint density at radius 1 is 1.05 bits per heavy atom. The van der Waals surface area contributed by atoms with Crippen molar-refractivity contribution < 1.29 is 28.9 Å². The van der Waals surface area contributed by atoms with Crippen LogP contribution in [-0.4, -0.2) is 37.4 Å². The molecule has 0 aromatic heterocycles. The molecule has 19 heavy (non-hydrogen) atoms. The van der Waals surface area contributed by atoms with Gasteiger partial charge in [0.2, 0.25) is 0 Å². The fourth-order valence-electron chi connectivity index (χ4n) is 1.47. The summed E-state index contributed by atoms with van der Waals surface area (Å²) in [5.41, 5.74) is -0.0350. The van der Waals surface area contributed by atoms with Crippen LogP contribution in [-0.2, 0) is 9.47 Å². The van der Waals surface area contributed by atoms with E-state index in [0.717, 1.165) is 0 Å². The van der Waals surface area contributed by atoms with Gasteiger partial charge in [0.05, 0.1) is 20.3 Å². The first kappa shape index (κ1) is 14.8. The number of carbonyl (C=O) groups is 2. The summed E-state index contributed by atoms with van der Waals surface area (Å²) in [6, 6.07) is 2.62. The van der Waals surface area contributed by atoms with Crippen LogP contribution < -0.4 is 4.74 Å². The molecule has 1 aromatic carbocycles. The Morgan fingerprint density at radius 3 is 2.00 bits per heavy atom. The third-order valence-corrected chi connectivity index (χ3v) is 2.30. The molecular formula is C13H16O6. The summed E-state index contributed by atoms with van der Waals surface area (Å²) in [6.07, 6.45) is -0.290. The molecule has 6 nitrogen and oxygen atoms in total. The summed E-state index contributed by atoms with van der Waals surface area (Å²) in [7, 11) is 2.41. The Bertz CT molecular complexity index is 492. The van der Waals surface area contributed by atoms with Crippen molar-refractivity contribution in [3.8, 4) is 11.5 Å². The van der Waals surface area contributed by atoms with Crippen molar-refractivity contribution in [3.05, 3.63) is 23.3 Å². The predicted octanol–water partition coefficient (Wildman–Crippen LogP) is 1.75. The number of esters is 2. The zero-order valence-corrected chi connectivity index (χ0v) is 11.2. The quantitative estimate of drug-likeness (QED) is 0.838. The van der Waals surface area contributed by atoms with Crippen molar-refractivity contribution in [2.75, 3.05) is 14.2 Å². The van der Waals surface area contributed by atoms with Gasteiger partial charge < -0.3 is 19.3 Å². The molecule has 0 aliphatic heterocycles. The Labute approximate surface area is 110 Å². The molecule has 0 heterocycles. The lowest BCUT2D eigenvalue weighted by Gasteiger charge is -2.16. The normalized spacial score (nSPS) is 10.2. The van der Waals surface area contributed by atoms with Crippen molar-refractivity contribution in [1.82, 2.24) is 0 Å². The van der Waals surface area contributed by atoms with Gasteiger partial charge in [-0.1, -0.05) is 0 Å². The Hall–Kier alpha value is -2.24. The van der Waals surface area contributed by atoms with Crippen molar-refractivity contribution in [2.45, 2.75) is 20.0 Å². The average molecular weight is 268 g/mol. The smallest absolute Gasteiger partial charge is 0.341 e. The van der Waals surface area contributed by atoms with Crippen LogP contribution in [0.3, 0.4) is 0 Å². The second-order valence-corrected chi connectivity index (χ2v) is 3.99. The molecule has 0 saturated carbocycles. The van der Waals surface area contributed by atoms with Crippen LogP contribution in [0.25, 0.3) is 0 Å². The van der Waals surface area contributed by atoms with E-state index in [0.29, 0.717) is 0 Å². The van der Waals surface area contributed by atoms with Crippen molar-refractivity contribution in [2.24, 2.45) is 0 Å². The van der Waals surface area contributed by atoms with E-state index < -0.39 is 17.7 Å². The predicted molar refractivity (Wildman–Crippen MR) is 66.5 cm³/mol. The van der Waals surface area contributed by atoms with Gasteiger partial charge in [-0.2, -0.15) is 0 Å². The van der Waals surface area contributed by atoms with Crippen LogP contribution in [0.15, 0.2) is 12.1 Å². The minimum atomic E-state index is -0.720. The van der Waals surface area contributed by atoms with Crippen LogP contribution in [0.5, 0.6) is 11.5 Å². The minimum absolute atomic E-state index is 0.0429. The van der Waals surface area contributed by atoms with Crippen LogP contribution in [0.2, 0.25) is 0 Å². The van der Waals surface area contributed by atoms with E-state index in [1.165, 1.54) is 26.4 Å². The number of benzene rings is 1. The molecule has 6 heteroatoms. The van der Waals surface area contributed by atoms with Gasteiger partial charge in [0, 0.05) is 0 Å². The van der Waals surface area contributed by atoms with Gasteiger partial charge in [-0.05, 0) is 26.0 Å². The number of methoxy groups -OCH3 is 2. The van der Waals surface area contributed by atoms with Crippen LogP contribution in [0.4, 0.5) is 0 Å². The summed E-state index contributed by atoms with van der Waals surface area (Å²) >= 11 is 0. The SMILES string of the molecule is COC(=O)c1ccc(C(=O)OC)c(OC(C)C)c1O. The number of phenols is 1. The molecule has 0 saturated heterocycles. The van der Waals surface area contributed by atoms with E-state index in [1.54, 1.807) is 13.8 Å². The Morgan fingerprint density at radius 2 is 1.53 bits per heavy atom. The highest BCUT2D eigenvalue weighted by Gasteiger charge is 2.24. The molecule has 0 aliphatic carbocycles. The number of rotatable bonds is 4. The van der Waals surface area contributed by atoms with Gasteiger partial charge in [0.25, 0.3) is 0 Å². The molecule has 0 fully saturated rings. The Kier molecular flexibility index (Phi) is 4.74. The molecule has 0 amide bonds. The lowest BCUT2D eigenvalue weighted by atomic mass is 10.1. The highest BCUT2D eigenvalue weighted by molar-refractivity contribution is 5.99. The molecule has 0 radical (unpaired) electrons. The highest BCUT2D eigenvalue weighted by Crippen LogP contribution is 2.35. The lowest BCUT2D eigenvalue weighted by Crippen LogP contribution is -2.13. The second-order valence-electron chi connectivity index (χ2n) is 3.99. The molecule has 0 spiro atoms. The monoisotopic (exact) mass is 268 g/mol. The van der Waals surface area contributed by atoms with E-state index in [1.807, 2.05) is 0 Å². The molecule has 0 atom stereocenters. The van der Waals surface area contributed by atoms with Crippen molar-refractivity contribution >= 4 is 11.9 Å². The van der Waals surface area contributed by atoms with Gasteiger partial charge in [0.1, 0.15) is 11.1 Å². The lowest BCUT2D eigenvalue weighted by molar-refractivity contribution is 0.0576. The topological polar surface area (TPSA) is 82.1 Å². The van der Waals surface area contributed by atoms with Gasteiger partial charge in [-0.25, -0.2) is 9.59 Å². The van der Waals surface area contributed by atoms with Gasteiger partial charge in [0.15, 0.2) is 11.5 Å². The standard InChI is InChI=1S/C13H16O6/c1-7(2)19-11-9(13(16)18-4)6-5-8(10(11)14)12(15)17-3/h5-7,14H,1-4H3. The second kappa shape index (κ2) is 6.08. The van der Waals surface area contributed by atoms with Crippen LogP contribution in [0, 0.1) is 0 Å². The van der Waals surface area contributed by atoms with E-state index in [2.05, 4.69) is 9.47 Å². The fraction of sp³-hybridized carbons (Fsp3) is 0.385. The van der Waals surface area contributed by atoms with Crippen LogP contribution >= 0.6 is 0 Å². The largest absolute Gasteiger partial charge is 0.504 e. The van der Waals surface area contributed by atoms with E-state index in [4.69, 9.17) is 4.74 Å². The van der Waals surface area contributed by atoms with Gasteiger partial charge in [-0.3, -0.25) is 0 Å². The number of hydrogen-bond donors (Lipinski definition) is 1. The molecule has 0 bridgehead atoms. The third-order valence-electron chi connectivity index (χ3n) is 2.30. The molecular weight excluding hydrogens is 252 g/mol. The zero-order valence-electron chi connectivity index (χ0n) is 11.2. The summed E-state index contributed by atoms with van der Waals surface area (Å²) in [4.78, 5) is 23.1. The summed E-state index contributed by atoms with van der Waals surface area (Å²) in [5, 5.41) is 10.0. The maximum atomic E-state index is 11.6. The average Bonchev–Trinajstić information content (AvgIpc) is 2.38. The molecule has 1 rings (SSSR count). The molecule has 104 valence electrons. The summed E-state index contributed by atoms with van der Waals surface area (Å²) in [5.74, 6) is -1.92. The minimum Gasteiger partial charge on any atom is -0.504 e. The van der Waals surface area contributed by atoms with Crippen molar-refractivity contribution in [1.29, 1.82) is 0 Å². The zero-order chi connectivity index (χ0) is 14.6. The third kappa shape index (κ3) is 3.15. The fourth-order valence-corrected chi connectivity index (χ4v) is 1.47. The number of hydrogen-bond acceptors (Lipinski definition) is 6. The maximum Gasteiger partial charge on any atom is 0.341 e. The van der Waals surface area contributed by atoms with Crippen LogP contribution in [0.1, 0.15) is 34.6 Å². The van der Waals surface area contributed by atoms with E-state index in [-0.39, 0.29) is 23.0 Å². The van der Waals surface area contributed by atoms with Gasteiger partial charge >= 0.3 is 11.9 Å². The number of phenolic OH excluding ortho intramolecular Hbond substituents is 1. The summed E-state index contributed by atoms with van der Waals surface area (Å²) < 4.78 is 14.5. The van der Waals surface area contributed by atoms with Crippen molar-refractivity contribution in [3.63, 3.8) is 0 Å². The van der Waals surface area contributed by atoms with Gasteiger partial charge in [-0.15, -0.1) is 0 Å². The molecule has 1 aromatic rings. The Balaban J connectivity index is 3.39. The molecule has 0 unspecified atom stereocenters. The first-order valence-corrected chi connectivity index (χ1v) is 5.61. The molecule has 1 N–H and O–H groups in total. The van der Waals surface area contributed by atoms with E-state index >= 15 is 0 Å².